The van der Waals surface area contributed by atoms with Gasteiger partial charge in [0.2, 0.25) is 0 Å². The third-order valence-electron chi connectivity index (χ3n) is 2.82. The Balaban J connectivity index is 0.000000178. The molecule has 0 aliphatic carbocycles. The summed E-state index contributed by atoms with van der Waals surface area (Å²) in [5.41, 5.74) is 3.73. The smallest absolute Gasteiger partial charge is 0.272 e. The molecular formula is C17H16N2O. The molecule has 0 radical (unpaired) electrons. The molecule has 3 rings (SSSR count). The maximum atomic E-state index is 10.1. The van der Waals surface area contributed by atoms with Crippen LogP contribution < -0.4 is 5.56 Å². The van der Waals surface area contributed by atoms with Crippen molar-refractivity contribution in [3.05, 3.63) is 89.1 Å². The monoisotopic (exact) mass is 264 g/mol. The number of rotatable bonds is 1. The van der Waals surface area contributed by atoms with E-state index in [1.165, 1.54) is 35.3 Å². The standard InChI is InChI=1S/C13H12.C4H4N2O/c1-11-7-5-6-10-13(11)12-8-3-2-4-9-12;7-4-1-2-5-3-6-4/h2-10H,1H3;1-3H,(H,5,6,7). The lowest BCUT2D eigenvalue weighted by Gasteiger charge is -2.04. The van der Waals surface area contributed by atoms with Crippen LogP contribution in [0.2, 0.25) is 0 Å². The average Bonchev–Trinajstić information content (AvgIpc) is 2.50. The molecule has 1 aromatic heterocycles. The van der Waals surface area contributed by atoms with Gasteiger partial charge in [-0.15, -0.1) is 0 Å². The summed E-state index contributed by atoms with van der Waals surface area (Å²) in [5, 5.41) is 0. The van der Waals surface area contributed by atoms with E-state index in [1.807, 2.05) is 6.07 Å². The van der Waals surface area contributed by atoms with Crippen LogP contribution in [0.5, 0.6) is 0 Å². The van der Waals surface area contributed by atoms with Crippen LogP contribution in [0.4, 0.5) is 0 Å². The molecule has 3 heteroatoms. The lowest BCUT2D eigenvalue weighted by atomic mass is 10.0. The molecule has 0 saturated heterocycles. The van der Waals surface area contributed by atoms with Crippen LogP contribution in [0.25, 0.3) is 11.1 Å². The molecule has 20 heavy (non-hydrogen) atoms. The summed E-state index contributed by atoms with van der Waals surface area (Å²) in [6.07, 6.45) is 2.89. The predicted octanol–water partition coefficient (Wildman–Crippen LogP) is 3.43. The molecule has 0 atom stereocenters. The normalized spacial score (nSPS) is 9.45. The second-order valence-corrected chi connectivity index (χ2v) is 4.28. The van der Waals surface area contributed by atoms with E-state index in [0.29, 0.717) is 0 Å². The second-order valence-electron chi connectivity index (χ2n) is 4.28. The molecule has 0 spiro atoms. The van der Waals surface area contributed by atoms with Crippen molar-refractivity contribution in [3.63, 3.8) is 0 Å². The van der Waals surface area contributed by atoms with Crippen molar-refractivity contribution in [2.24, 2.45) is 0 Å². The van der Waals surface area contributed by atoms with Crippen LogP contribution in [0.15, 0.2) is 78.0 Å². The zero-order chi connectivity index (χ0) is 14.2. The fourth-order valence-corrected chi connectivity index (χ4v) is 1.82. The van der Waals surface area contributed by atoms with Crippen LogP contribution in [0.1, 0.15) is 5.56 Å². The lowest BCUT2D eigenvalue weighted by molar-refractivity contribution is 1.12. The van der Waals surface area contributed by atoms with Gasteiger partial charge in [-0.25, -0.2) is 0 Å². The first-order valence-corrected chi connectivity index (χ1v) is 6.37. The van der Waals surface area contributed by atoms with Gasteiger partial charge < -0.3 is 4.98 Å². The van der Waals surface area contributed by atoms with E-state index in [0.717, 1.165) is 0 Å². The minimum Gasteiger partial charge on any atom is -0.352 e. The van der Waals surface area contributed by atoms with Crippen LogP contribution in [-0.4, -0.2) is 9.97 Å². The summed E-state index contributed by atoms with van der Waals surface area (Å²) in [6, 6.07) is 20.3. The fourth-order valence-electron chi connectivity index (χ4n) is 1.82. The van der Waals surface area contributed by atoms with Crippen molar-refractivity contribution in [1.29, 1.82) is 0 Å². The second kappa shape index (κ2) is 7.04. The Kier molecular flexibility index (Phi) is 4.84. The van der Waals surface area contributed by atoms with Gasteiger partial charge in [0.1, 0.15) is 0 Å². The van der Waals surface area contributed by atoms with Gasteiger partial charge in [-0.2, -0.15) is 4.98 Å². The molecule has 0 fully saturated rings. The summed E-state index contributed by atoms with van der Waals surface area (Å²) in [4.78, 5) is 16.1. The van der Waals surface area contributed by atoms with Crippen LogP contribution >= 0.6 is 0 Å². The largest absolute Gasteiger partial charge is 0.352 e. The van der Waals surface area contributed by atoms with Gasteiger partial charge in [0, 0.05) is 12.3 Å². The van der Waals surface area contributed by atoms with Gasteiger partial charge >= 0.3 is 0 Å². The minimum absolute atomic E-state index is 0.209. The summed E-state index contributed by atoms with van der Waals surface area (Å²) >= 11 is 0. The van der Waals surface area contributed by atoms with Gasteiger partial charge in [0.25, 0.3) is 5.56 Å². The zero-order valence-corrected chi connectivity index (χ0v) is 11.3. The molecule has 0 amide bonds. The van der Waals surface area contributed by atoms with E-state index in [1.54, 1.807) is 0 Å². The first-order chi connectivity index (χ1) is 9.77. The number of hydrogen-bond acceptors (Lipinski definition) is 2. The van der Waals surface area contributed by atoms with E-state index >= 15 is 0 Å². The number of benzene rings is 2. The number of H-pyrrole nitrogens is 1. The molecule has 0 aliphatic heterocycles. The number of aromatic amines is 1. The van der Waals surface area contributed by atoms with Crippen molar-refractivity contribution in [2.75, 3.05) is 0 Å². The maximum absolute atomic E-state index is 10.1. The molecule has 0 saturated carbocycles. The minimum atomic E-state index is -0.209. The number of nitrogens with one attached hydrogen (secondary N) is 1. The average molecular weight is 264 g/mol. The van der Waals surface area contributed by atoms with E-state index in [9.17, 15) is 4.79 Å². The van der Waals surface area contributed by atoms with Crippen molar-refractivity contribution < 1.29 is 0 Å². The van der Waals surface area contributed by atoms with Gasteiger partial charge in [-0.3, -0.25) is 4.79 Å². The number of hydrogen-bond donors (Lipinski definition) is 1. The lowest BCUT2D eigenvalue weighted by Crippen LogP contribution is -2.00. The molecule has 1 heterocycles. The van der Waals surface area contributed by atoms with Crippen molar-refractivity contribution in [2.45, 2.75) is 6.92 Å². The van der Waals surface area contributed by atoms with Gasteiger partial charge in [0.05, 0.1) is 6.33 Å². The molecule has 2 aromatic carbocycles. The fraction of sp³-hybridized carbons (Fsp3) is 0.0588. The summed E-state index contributed by atoms with van der Waals surface area (Å²) in [6.45, 7) is 2.14. The topological polar surface area (TPSA) is 45.8 Å². The molecule has 0 aliphatic rings. The van der Waals surface area contributed by atoms with E-state index in [2.05, 4.69) is 65.4 Å². The van der Waals surface area contributed by atoms with E-state index < -0.39 is 0 Å². The first-order valence-electron chi connectivity index (χ1n) is 6.37. The Morgan fingerprint density at radius 1 is 0.900 bits per heavy atom. The Bertz CT molecular complexity index is 688. The van der Waals surface area contributed by atoms with Gasteiger partial charge in [-0.1, -0.05) is 54.6 Å². The Morgan fingerprint density at radius 3 is 2.15 bits per heavy atom. The van der Waals surface area contributed by atoms with Crippen molar-refractivity contribution in [3.8, 4) is 11.1 Å². The van der Waals surface area contributed by atoms with Gasteiger partial charge in [-0.05, 0) is 23.6 Å². The third kappa shape index (κ3) is 3.92. The number of aromatic nitrogens is 2. The van der Waals surface area contributed by atoms with Gasteiger partial charge in [0.15, 0.2) is 0 Å². The summed E-state index contributed by atoms with van der Waals surface area (Å²) in [5.74, 6) is 0. The highest BCUT2D eigenvalue weighted by molar-refractivity contribution is 5.66. The van der Waals surface area contributed by atoms with E-state index in [4.69, 9.17) is 0 Å². The Morgan fingerprint density at radius 2 is 1.60 bits per heavy atom. The quantitative estimate of drug-likeness (QED) is 0.732. The van der Waals surface area contributed by atoms with Crippen molar-refractivity contribution in [1.82, 2.24) is 9.97 Å². The highest BCUT2D eigenvalue weighted by atomic mass is 16.1. The first kappa shape index (κ1) is 13.7. The van der Waals surface area contributed by atoms with Crippen LogP contribution in [0, 0.1) is 6.92 Å². The predicted molar refractivity (Wildman–Crippen MR) is 81.5 cm³/mol. The molecule has 0 bridgehead atoms. The molecule has 100 valence electrons. The SMILES string of the molecule is Cc1ccccc1-c1ccccc1.O=c1cc[nH]cn1. The Hall–Kier alpha value is -2.68. The van der Waals surface area contributed by atoms with Crippen molar-refractivity contribution >= 4 is 0 Å². The highest BCUT2D eigenvalue weighted by Crippen LogP contribution is 2.21. The molecular weight excluding hydrogens is 248 g/mol. The molecule has 1 N–H and O–H groups in total. The van der Waals surface area contributed by atoms with Crippen LogP contribution in [0.3, 0.4) is 0 Å². The molecule has 0 unspecified atom stereocenters. The number of aryl methyl sites for hydroxylation is 1. The number of nitrogens with zero attached hydrogens (tertiary/aromatic N) is 1. The highest BCUT2D eigenvalue weighted by Gasteiger charge is 1.97. The third-order valence-corrected chi connectivity index (χ3v) is 2.82. The Labute approximate surface area is 118 Å². The summed E-state index contributed by atoms with van der Waals surface area (Å²) in [7, 11) is 0. The zero-order valence-electron chi connectivity index (χ0n) is 11.3. The summed E-state index contributed by atoms with van der Waals surface area (Å²) < 4.78 is 0. The van der Waals surface area contributed by atoms with Crippen LogP contribution in [-0.2, 0) is 0 Å². The maximum Gasteiger partial charge on any atom is 0.272 e. The van der Waals surface area contributed by atoms with E-state index in [-0.39, 0.29) is 5.56 Å². The molecule has 3 aromatic rings. The molecule has 3 nitrogen and oxygen atoms in total.